The highest BCUT2D eigenvalue weighted by atomic mass is 16.4. The third kappa shape index (κ3) is 6.20. The van der Waals surface area contributed by atoms with E-state index in [9.17, 15) is 14.4 Å². The van der Waals surface area contributed by atoms with Crippen molar-refractivity contribution in [3.8, 4) is 0 Å². The van der Waals surface area contributed by atoms with E-state index in [4.69, 9.17) is 10.2 Å². The summed E-state index contributed by atoms with van der Waals surface area (Å²) < 4.78 is 0. The molecule has 23 heavy (non-hydrogen) atoms. The molecular weight excluding hydrogens is 298 g/mol. The minimum atomic E-state index is -1.04. The van der Waals surface area contributed by atoms with Crippen LogP contribution in [0.15, 0.2) is 18.2 Å². The summed E-state index contributed by atoms with van der Waals surface area (Å²) >= 11 is 0. The molecule has 0 aliphatic rings. The van der Waals surface area contributed by atoms with Gasteiger partial charge in [-0.25, -0.2) is 0 Å². The number of carboxylic acid groups (broad SMARTS) is 2. The first-order valence-electron chi connectivity index (χ1n) is 7.44. The van der Waals surface area contributed by atoms with Crippen molar-refractivity contribution in [1.82, 2.24) is 4.90 Å². The minimum absolute atomic E-state index is 0.0475. The Morgan fingerprint density at radius 2 is 1.74 bits per heavy atom. The maximum absolute atomic E-state index is 12.6. The van der Waals surface area contributed by atoms with Crippen molar-refractivity contribution >= 4 is 17.7 Å². The van der Waals surface area contributed by atoms with Crippen molar-refractivity contribution in [2.75, 3.05) is 20.1 Å². The Labute approximate surface area is 135 Å². The monoisotopic (exact) mass is 321 g/mol. The second kappa shape index (κ2) is 8.43. The minimum Gasteiger partial charge on any atom is -0.481 e. The number of benzene rings is 1. The molecule has 0 spiro atoms. The van der Waals surface area contributed by atoms with Crippen LogP contribution in [0.4, 0.5) is 0 Å². The highest BCUT2D eigenvalue weighted by Gasteiger charge is 2.24. The lowest BCUT2D eigenvalue weighted by Gasteiger charge is -2.22. The van der Waals surface area contributed by atoms with E-state index in [1.165, 1.54) is 0 Å². The summed E-state index contributed by atoms with van der Waals surface area (Å²) in [7, 11) is 1.69. The van der Waals surface area contributed by atoms with Crippen molar-refractivity contribution < 1.29 is 24.6 Å². The Morgan fingerprint density at radius 3 is 2.26 bits per heavy atom. The molecule has 0 aromatic heterocycles. The zero-order valence-electron chi connectivity index (χ0n) is 13.7. The van der Waals surface area contributed by atoms with Crippen LogP contribution in [0.2, 0.25) is 0 Å². The highest BCUT2D eigenvalue weighted by molar-refractivity contribution is 5.99. The second-order valence-electron chi connectivity index (χ2n) is 5.86. The number of ketones is 1. The van der Waals surface area contributed by atoms with E-state index in [2.05, 4.69) is 0 Å². The molecular formula is C17H23NO5. The second-order valence-corrected chi connectivity index (χ2v) is 5.86. The van der Waals surface area contributed by atoms with E-state index in [1.54, 1.807) is 24.1 Å². The van der Waals surface area contributed by atoms with Gasteiger partial charge in [-0.05, 0) is 38.1 Å². The molecule has 0 aliphatic heterocycles. The molecule has 0 radical (unpaired) electrons. The lowest BCUT2D eigenvalue weighted by Crippen LogP contribution is -2.33. The Kier molecular flexibility index (Phi) is 6.90. The molecule has 6 nitrogen and oxygen atoms in total. The van der Waals surface area contributed by atoms with E-state index < -0.39 is 17.9 Å². The average molecular weight is 321 g/mol. The number of Topliss-reactive ketones (excluding diaryl/α,β-unsaturated/α-hetero) is 1. The van der Waals surface area contributed by atoms with Crippen molar-refractivity contribution in [2.24, 2.45) is 5.92 Å². The zero-order chi connectivity index (χ0) is 17.6. The number of carboxylic acids is 2. The Morgan fingerprint density at radius 1 is 1.09 bits per heavy atom. The smallest absolute Gasteiger partial charge is 0.304 e. The van der Waals surface area contributed by atoms with E-state index >= 15 is 0 Å². The van der Waals surface area contributed by atoms with Gasteiger partial charge >= 0.3 is 11.9 Å². The SMILES string of the molecule is Cc1ccc(C(=O)C(CC(=O)O)CN(C)CCC(=O)O)cc1C. The van der Waals surface area contributed by atoms with Gasteiger partial charge in [-0.2, -0.15) is 0 Å². The first-order valence-corrected chi connectivity index (χ1v) is 7.44. The summed E-state index contributed by atoms with van der Waals surface area (Å²) in [5.74, 6) is -2.89. The highest BCUT2D eigenvalue weighted by Crippen LogP contribution is 2.17. The van der Waals surface area contributed by atoms with E-state index in [0.29, 0.717) is 5.56 Å². The molecule has 0 bridgehead atoms. The summed E-state index contributed by atoms with van der Waals surface area (Å²) in [4.78, 5) is 35.9. The standard InChI is InChI=1S/C17H23NO5/c1-11-4-5-13(8-12(11)2)17(23)14(9-16(21)22)10-18(3)7-6-15(19)20/h4-5,8,14H,6-7,9-10H2,1-3H3,(H,19,20)(H,21,22). The van der Waals surface area contributed by atoms with Crippen LogP contribution in [-0.2, 0) is 9.59 Å². The lowest BCUT2D eigenvalue weighted by molar-refractivity contribution is -0.139. The number of rotatable bonds is 9. The third-order valence-electron chi connectivity index (χ3n) is 3.82. The summed E-state index contributed by atoms with van der Waals surface area (Å²) in [6, 6.07) is 5.31. The summed E-state index contributed by atoms with van der Waals surface area (Å²) in [6.07, 6.45) is -0.322. The normalized spacial score (nSPS) is 12.2. The average Bonchev–Trinajstić information content (AvgIpc) is 2.46. The van der Waals surface area contributed by atoms with Gasteiger partial charge in [0.1, 0.15) is 0 Å². The molecule has 1 unspecified atom stereocenters. The van der Waals surface area contributed by atoms with Crippen LogP contribution < -0.4 is 0 Å². The van der Waals surface area contributed by atoms with Gasteiger partial charge in [0.15, 0.2) is 5.78 Å². The van der Waals surface area contributed by atoms with E-state index in [0.717, 1.165) is 11.1 Å². The van der Waals surface area contributed by atoms with Crippen LogP contribution in [0, 0.1) is 19.8 Å². The third-order valence-corrected chi connectivity index (χ3v) is 3.82. The van der Waals surface area contributed by atoms with Crippen LogP contribution in [0.3, 0.4) is 0 Å². The molecule has 0 saturated carbocycles. The van der Waals surface area contributed by atoms with Crippen LogP contribution in [-0.4, -0.2) is 53.0 Å². The number of hydrogen-bond acceptors (Lipinski definition) is 4. The molecule has 1 aromatic rings. The van der Waals surface area contributed by atoms with Crippen molar-refractivity contribution in [3.05, 3.63) is 34.9 Å². The largest absolute Gasteiger partial charge is 0.481 e. The molecule has 1 rings (SSSR count). The van der Waals surface area contributed by atoms with Crippen molar-refractivity contribution in [1.29, 1.82) is 0 Å². The molecule has 1 aromatic carbocycles. The first kappa shape index (κ1) is 18.8. The Balaban J connectivity index is 2.87. The number of hydrogen-bond donors (Lipinski definition) is 2. The van der Waals surface area contributed by atoms with Crippen molar-refractivity contribution in [3.63, 3.8) is 0 Å². The predicted molar refractivity (Wildman–Crippen MR) is 85.7 cm³/mol. The van der Waals surface area contributed by atoms with Gasteiger partial charge in [0.25, 0.3) is 0 Å². The number of aryl methyl sites for hydroxylation is 2. The molecule has 2 N–H and O–H groups in total. The maximum Gasteiger partial charge on any atom is 0.304 e. The zero-order valence-corrected chi connectivity index (χ0v) is 13.7. The Hall–Kier alpha value is -2.21. The molecule has 0 fully saturated rings. The van der Waals surface area contributed by atoms with Gasteiger partial charge in [-0.15, -0.1) is 0 Å². The number of nitrogens with zero attached hydrogens (tertiary/aromatic N) is 1. The fraction of sp³-hybridized carbons (Fsp3) is 0.471. The van der Waals surface area contributed by atoms with Crippen LogP contribution in [0.1, 0.15) is 34.3 Å². The van der Waals surface area contributed by atoms with Gasteiger partial charge in [-0.3, -0.25) is 14.4 Å². The first-order chi connectivity index (χ1) is 10.7. The fourth-order valence-corrected chi connectivity index (χ4v) is 2.34. The van der Waals surface area contributed by atoms with Crippen LogP contribution in [0.25, 0.3) is 0 Å². The molecule has 0 amide bonds. The fourth-order valence-electron chi connectivity index (χ4n) is 2.34. The molecule has 0 saturated heterocycles. The van der Waals surface area contributed by atoms with Crippen molar-refractivity contribution in [2.45, 2.75) is 26.7 Å². The van der Waals surface area contributed by atoms with Crippen LogP contribution in [0.5, 0.6) is 0 Å². The number of carbonyl (C=O) groups excluding carboxylic acids is 1. The topological polar surface area (TPSA) is 94.9 Å². The molecule has 1 atom stereocenters. The van der Waals surface area contributed by atoms with Gasteiger partial charge in [-0.1, -0.05) is 12.1 Å². The van der Waals surface area contributed by atoms with Crippen LogP contribution >= 0.6 is 0 Å². The van der Waals surface area contributed by atoms with E-state index in [-0.39, 0.29) is 31.7 Å². The summed E-state index contributed by atoms with van der Waals surface area (Å²) in [5, 5.41) is 17.7. The number of aliphatic carboxylic acids is 2. The molecule has 6 heteroatoms. The molecule has 0 aliphatic carbocycles. The Bertz CT molecular complexity index is 597. The van der Waals surface area contributed by atoms with Gasteiger partial charge < -0.3 is 15.1 Å². The van der Waals surface area contributed by atoms with E-state index in [1.807, 2.05) is 19.9 Å². The summed E-state index contributed by atoms with van der Waals surface area (Å²) in [6.45, 7) is 4.33. The quantitative estimate of drug-likeness (QED) is 0.675. The predicted octanol–water partition coefficient (Wildman–Crippen LogP) is 1.98. The van der Waals surface area contributed by atoms with Gasteiger partial charge in [0, 0.05) is 24.6 Å². The molecule has 0 heterocycles. The number of carbonyl (C=O) groups is 3. The van der Waals surface area contributed by atoms with Gasteiger partial charge in [0.2, 0.25) is 0 Å². The summed E-state index contributed by atoms with van der Waals surface area (Å²) in [5.41, 5.74) is 2.53. The maximum atomic E-state index is 12.6. The molecule has 126 valence electrons. The van der Waals surface area contributed by atoms with Gasteiger partial charge in [0.05, 0.1) is 12.8 Å². The lowest BCUT2D eigenvalue weighted by atomic mass is 9.92.